The molecule has 0 radical (unpaired) electrons. The molecule has 3 rings (SSSR count). The minimum absolute atomic E-state index is 0.214. The molecule has 108 valence electrons. The number of carbonyl (C=O) groups excluding carboxylic acids is 1. The van der Waals surface area contributed by atoms with E-state index in [9.17, 15) is 4.79 Å². The van der Waals surface area contributed by atoms with Gasteiger partial charge in [0.2, 0.25) is 0 Å². The van der Waals surface area contributed by atoms with Crippen LogP contribution in [-0.4, -0.2) is 43.2 Å². The molecule has 0 unspecified atom stereocenters. The number of fused-ring (bicyclic) bond motifs is 1. The largest absolute Gasteiger partial charge is 0.399 e. The Bertz CT molecular complexity index is 804. The number of nitrogen functional groups attached to an aromatic ring is 1. The van der Waals surface area contributed by atoms with Gasteiger partial charge in [0.05, 0.1) is 12.1 Å². The van der Waals surface area contributed by atoms with Crippen molar-refractivity contribution < 1.29 is 4.79 Å². The predicted octanol–water partition coefficient (Wildman–Crippen LogP) is 0.844. The molecule has 0 saturated carbocycles. The van der Waals surface area contributed by atoms with E-state index in [0.29, 0.717) is 35.0 Å². The van der Waals surface area contributed by atoms with Crippen LogP contribution in [-0.2, 0) is 6.54 Å². The minimum atomic E-state index is -0.214. The standard InChI is InChI=1S/C13H15N7O/c1-7-15-11(18-16-7)6-20(2)13(21)12-9-5-8(14)3-4-10(9)17-19-12/h3-5H,6,14H2,1-2H3,(H,17,19)(H,15,16,18). The van der Waals surface area contributed by atoms with Crippen molar-refractivity contribution in [1.29, 1.82) is 0 Å². The lowest BCUT2D eigenvalue weighted by Gasteiger charge is -2.13. The number of nitrogens with zero attached hydrogens (tertiary/aromatic N) is 4. The van der Waals surface area contributed by atoms with Gasteiger partial charge in [0.25, 0.3) is 5.91 Å². The number of aryl methyl sites for hydroxylation is 1. The normalized spacial score (nSPS) is 11.0. The molecule has 2 heterocycles. The van der Waals surface area contributed by atoms with Crippen LogP contribution in [0.2, 0.25) is 0 Å². The first kappa shape index (κ1) is 13.1. The fourth-order valence-electron chi connectivity index (χ4n) is 2.12. The summed E-state index contributed by atoms with van der Waals surface area (Å²) in [5.74, 6) is 1.06. The van der Waals surface area contributed by atoms with Crippen LogP contribution in [0.5, 0.6) is 0 Å². The van der Waals surface area contributed by atoms with Crippen molar-refractivity contribution in [2.24, 2.45) is 0 Å². The van der Waals surface area contributed by atoms with Crippen LogP contribution < -0.4 is 5.73 Å². The van der Waals surface area contributed by atoms with Crippen molar-refractivity contribution in [3.05, 3.63) is 35.5 Å². The van der Waals surface area contributed by atoms with Gasteiger partial charge >= 0.3 is 0 Å². The third-order valence-electron chi connectivity index (χ3n) is 3.16. The molecule has 0 aliphatic rings. The molecule has 0 fully saturated rings. The first-order chi connectivity index (χ1) is 10.0. The Balaban J connectivity index is 1.87. The molecule has 0 atom stereocenters. The topological polar surface area (TPSA) is 117 Å². The molecule has 0 aliphatic heterocycles. The Kier molecular flexibility index (Phi) is 3.05. The number of anilines is 1. The number of H-pyrrole nitrogens is 2. The molecule has 8 heteroatoms. The van der Waals surface area contributed by atoms with E-state index < -0.39 is 0 Å². The summed E-state index contributed by atoms with van der Waals surface area (Å²) in [6, 6.07) is 5.29. The van der Waals surface area contributed by atoms with Crippen molar-refractivity contribution in [1.82, 2.24) is 30.3 Å². The molecule has 1 amide bonds. The number of nitrogens with two attached hydrogens (primary N) is 1. The first-order valence-corrected chi connectivity index (χ1v) is 6.41. The molecular weight excluding hydrogens is 270 g/mol. The number of benzene rings is 1. The van der Waals surface area contributed by atoms with Crippen molar-refractivity contribution >= 4 is 22.5 Å². The van der Waals surface area contributed by atoms with Crippen LogP contribution in [0, 0.1) is 6.92 Å². The summed E-state index contributed by atoms with van der Waals surface area (Å²) in [6.45, 7) is 2.11. The summed E-state index contributed by atoms with van der Waals surface area (Å²) < 4.78 is 0. The van der Waals surface area contributed by atoms with Crippen LogP contribution in [0.25, 0.3) is 10.9 Å². The second-order valence-corrected chi connectivity index (χ2v) is 4.88. The number of nitrogens with one attached hydrogen (secondary N) is 2. The van der Waals surface area contributed by atoms with E-state index in [-0.39, 0.29) is 5.91 Å². The zero-order valence-electron chi connectivity index (χ0n) is 11.7. The van der Waals surface area contributed by atoms with E-state index in [0.717, 1.165) is 5.52 Å². The molecule has 0 spiro atoms. The molecule has 8 nitrogen and oxygen atoms in total. The van der Waals surface area contributed by atoms with E-state index in [1.807, 2.05) is 6.92 Å². The molecule has 2 aromatic heterocycles. The smallest absolute Gasteiger partial charge is 0.275 e. The van der Waals surface area contributed by atoms with Gasteiger partial charge in [-0.15, -0.1) is 0 Å². The molecule has 4 N–H and O–H groups in total. The van der Waals surface area contributed by atoms with E-state index in [4.69, 9.17) is 5.73 Å². The van der Waals surface area contributed by atoms with Crippen LogP contribution >= 0.6 is 0 Å². The maximum atomic E-state index is 12.5. The molecule has 3 aromatic rings. The number of aromatic nitrogens is 5. The average molecular weight is 285 g/mol. The maximum Gasteiger partial charge on any atom is 0.275 e. The molecular formula is C13H15N7O. The molecule has 0 bridgehead atoms. The van der Waals surface area contributed by atoms with Gasteiger partial charge in [-0.1, -0.05) is 0 Å². The molecule has 0 saturated heterocycles. The monoisotopic (exact) mass is 285 g/mol. The van der Waals surface area contributed by atoms with Gasteiger partial charge in [0.15, 0.2) is 11.5 Å². The highest BCUT2D eigenvalue weighted by Crippen LogP contribution is 2.20. The molecule has 0 aliphatic carbocycles. The Morgan fingerprint density at radius 1 is 1.33 bits per heavy atom. The molecule has 21 heavy (non-hydrogen) atoms. The number of carbonyl (C=O) groups is 1. The Morgan fingerprint density at radius 3 is 2.86 bits per heavy atom. The Morgan fingerprint density at radius 2 is 2.14 bits per heavy atom. The van der Waals surface area contributed by atoms with Crippen molar-refractivity contribution in [3.63, 3.8) is 0 Å². The average Bonchev–Trinajstić information content (AvgIpc) is 3.04. The zero-order valence-corrected chi connectivity index (χ0v) is 11.7. The summed E-state index contributed by atoms with van der Waals surface area (Å²) in [5.41, 5.74) is 7.46. The third kappa shape index (κ3) is 2.42. The van der Waals surface area contributed by atoms with Crippen LogP contribution in [0.1, 0.15) is 22.1 Å². The fraction of sp³-hybridized carbons (Fsp3) is 0.231. The van der Waals surface area contributed by atoms with E-state index >= 15 is 0 Å². The summed E-state index contributed by atoms with van der Waals surface area (Å²) in [4.78, 5) is 18.2. The number of amides is 1. The van der Waals surface area contributed by atoms with Crippen LogP contribution in [0.4, 0.5) is 5.69 Å². The van der Waals surface area contributed by atoms with Crippen LogP contribution in [0.3, 0.4) is 0 Å². The first-order valence-electron chi connectivity index (χ1n) is 6.41. The summed E-state index contributed by atoms with van der Waals surface area (Å²) in [5, 5.41) is 14.4. The van der Waals surface area contributed by atoms with Crippen molar-refractivity contribution in [2.75, 3.05) is 12.8 Å². The third-order valence-corrected chi connectivity index (χ3v) is 3.16. The van der Waals surface area contributed by atoms with E-state index in [2.05, 4.69) is 25.4 Å². The second-order valence-electron chi connectivity index (χ2n) is 4.88. The summed E-state index contributed by atoms with van der Waals surface area (Å²) >= 11 is 0. The SMILES string of the molecule is Cc1nc(CN(C)C(=O)c2n[nH]c3ccc(N)cc23)n[nH]1. The van der Waals surface area contributed by atoms with Gasteiger partial charge in [-0.25, -0.2) is 4.98 Å². The lowest BCUT2D eigenvalue weighted by Crippen LogP contribution is -2.27. The molecule has 1 aromatic carbocycles. The highest BCUT2D eigenvalue weighted by atomic mass is 16.2. The summed E-state index contributed by atoms with van der Waals surface area (Å²) in [7, 11) is 1.68. The summed E-state index contributed by atoms with van der Waals surface area (Å²) in [6.07, 6.45) is 0. The van der Waals surface area contributed by atoms with Gasteiger partial charge in [0.1, 0.15) is 5.82 Å². The highest BCUT2D eigenvalue weighted by molar-refractivity contribution is 6.05. The number of aromatic amines is 2. The number of hydrogen-bond acceptors (Lipinski definition) is 5. The van der Waals surface area contributed by atoms with E-state index in [1.165, 1.54) is 4.90 Å². The second kappa shape index (κ2) is 4.89. The quantitative estimate of drug-likeness (QED) is 0.617. The zero-order chi connectivity index (χ0) is 15.0. The van der Waals surface area contributed by atoms with Crippen LogP contribution in [0.15, 0.2) is 18.2 Å². The fourth-order valence-corrected chi connectivity index (χ4v) is 2.12. The maximum absolute atomic E-state index is 12.5. The highest BCUT2D eigenvalue weighted by Gasteiger charge is 2.19. The lowest BCUT2D eigenvalue weighted by molar-refractivity contribution is 0.0777. The van der Waals surface area contributed by atoms with Gasteiger partial charge in [-0.3, -0.25) is 15.0 Å². The predicted molar refractivity (Wildman–Crippen MR) is 77.4 cm³/mol. The Hall–Kier alpha value is -2.90. The van der Waals surface area contributed by atoms with Crippen molar-refractivity contribution in [3.8, 4) is 0 Å². The minimum Gasteiger partial charge on any atom is -0.399 e. The number of rotatable bonds is 3. The Labute approximate surface area is 120 Å². The van der Waals surface area contributed by atoms with Crippen molar-refractivity contribution in [2.45, 2.75) is 13.5 Å². The lowest BCUT2D eigenvalue weighted by atomic mass is 10.2. The van der Waals surface area contributed by atoms with Gasteiger partial charge in [-0.2, -0.15) is 10.2 Å². The van der Waals surface area contributed by atoms with Gasteiger partial charge in [-0.05, 0) is 25.1 Å². The van der Waals surface area contributed by atoms with Gasteiger partial charge < -0.3 is 10.6 Å². The number of hydrogen-bond donors (Lipinski definition) is 3. The van der Waals surface area contributed by atoms with Gasteiger partial charge in [0, 0.05) is 18.1 Å². The van der Waals surface area contributed by atoms with E-state index in [1.54, 1.807) is 25.2 Å².